The minimum Gasteiger partial charge on any atom is -0.392 e. The van der Waals surface area contributed by atoms with E-state index in [2.05, 4.69) is 98.2 Å². The quantitative estimate of drug-likeness (QED) is 0.430. The highest BCUT2D eigenvalue weighted by Crippen LogP contribution is 2.34. The van der Waals surface area contributed by atoms with Crippen molar-refractivity contribution in [2.24, 2.45) is 34.0 Å². The Morgan fingerprint density at radius 2 is 1.05 bits per heavy atom. The van der Waals surface area contributed by atoms with Gasteiger partial charge in [0.1, 0.15) is 0 Å². The summed E-state index contributed by atoms with van der Waals surface area (Å²) in [4.78, 5) is 7.07. The molecule has 0 aromatic carbocycles. The largest absolute Gasteiger partial charge is 0.392 e. The number of piperidine rings is 3. The van der Waals surface area contributed by atoms with E-state index in [1.54, 1.807) is 0 Å². The van der Waals surface area contributed by atoms with Crippen LogP contribution in [-0.4, -0.2) is 99.5 Å². The van der Waals surface area contributed by atoms with E-state index in [-0.39, 0.29) is 13.5 Å². The molecule has 0 aromatic rings. The molecule has 3 aliphatic rings. The number of methoxy groups -OCH3 is 1. The number of rotatable bonds is 1. The fraction of sp³-hybridized carbons (Fsp3) is 1.00. The van der Waals surface area contributed by atoms with Gasteiger partial charge >= 0.3 is 0 Å². The molecule has 3 fully saturated rings. The van der Waals surface area contributed by atoms with E-state index in [1.165, 1.54) is 38.9 Å². The number of likely N-dealkylation sites (N-methyl/N-ethyl adjacent to an activating group) is 2. The first-order valence-corrected chi connectivity index (χ1v) is 14.6. The van der Waals surface area contributed by atoms with Gasteiger partial charge in [0, 0.05) is 39.8 Å². The molecule has 0 radical (unpaired) electrons. The molecule has 0 bridgehead atoms. The lowest BCUT2D eigenvalue weighted by Crippen LogP contribution is -2.45. The molecule has 3 saturated heterocycles. The summed E-state index contributed by atoms with van der Waals surface area (Å²) in [6.07, 6.45) is 5.31. The molecule has 0 aliphatic carbocycles. The Bertz CT molecular complexity index is 595. The Morgan fingerprint density at radius 3 is 1.43 bits per heavy atom. The summed E-state index contributed by atoms with van der Waals surface area (Å²) in [5, 5.41) is 9.57. The fourth-order valence-electron chi connectivity index (χ4n) is 5.85. The average Bonchev–Trinajstić information content (AvgIpc) is 2.72. The second kappa shape index (κ2) is 15.6. The van der Waals surface area contributed by atoms with Crippen LogP contribution >= 0.6 is 0 Å². The van der Waals surface area contributed by atoms with Gasteiger partial charge in [0.15, 0.2) is 0 Å². The van der Waals surface area contributed by atoms with E-state index in [0.29, 0.717) is 28.3 Å². The molecule has 0 amide bonds. The van der Waals surface area contributed by atoms with Crippen LogP contribution in [0, 0.1) is 34.0 Å². The number of aliphatic hydroxyl groups excluding tert-OH is 1. The van der Waals surface area contributed by atoms with Crippen LogP contribution < -0.4 is 0 Å². The SMILES string of the molecule is C.CN1CC(O)CC(C(C)(C)C)C1.CN1CCCC(C(C)(C)C)C1.COC1CC(C(C)(C)C)CN(C)C1. The lowest BCUT2D eigenvalue weighted by molar-refractivity contribution is -0.0106. The third-order valence-electron chi connectivity index (χ3n) is 8.84. The number of ether oxygens (including phenoxy) is 1. The molecular formula is C32H69N3O2. The van der Waals surface area contributed by atoms with Gasteiger partial charge in [-0.15, -0.1) is 0 Å². The predicted octanol–water partition coefficient (Wildman–Crippen LogP) is 6.35. The number of β-amino-alcohol motifs (C(OH)–C–C–N with tert-alkyl or cyclic N) is 1. The van der Waals surface area contributed by atoms with Gasteiger partial charge in [-0.05, 0) is 87.4 Å². The van der Waals surface area contributed by atoms with Gasteiger partial charge in [-0.25, -0.2) is 0 Å². The summed E-state index contributed by atoms with van der Waals surface area (Å²) < 4.78 is 5.45. The summed E-state index contributed by atoms with van der Waals surface area (Å²) in [6.45, 7) is 27.7. The molecule has 3 aliphatic heterocycles. The van der Waals surface area contributed by atoms with Crippen molar-refractivity contribution in [2.75, 3.05) is 67.5 Å². The van der Waals surface area contributed by atoms with E-state index in [4.69, 9.17) is 4.74 Å². The standard InChI is InChI=1S/C11H23NO.C10H21NO.C10H21N.CH4/c1-11(2,3)9-6-10(13-5)8-12(4)7-9;1-10(2,3)8-5-9(12)7-11(4)6-8;1-10(2,3)9-6-5-7-11(4)8-9;/h9-10H,6-8H2,1-5H3;8-9,12H,5-7H2,1-4H3;9H,5-8H2,1-4H3;1H4. The molecule has 3 heterocycles. The Morgan fingerprint density at radius 1 is 0.622 bits per heavy atom. The summed E-state index contributed by atoms with van der Waals surface area (Å²) >= 11 is 0. The number of likely N-dealkylation sites (tertiary alicyclic amines) is 3. The smallest absolute Gasteiger partial charge is 0.0701 e. The molecule has 37 heavy (non-hydrogen) atoms. The van der Waals surface area contributed by atoms with Gasteiger partial charge < -0.3 is 24.5 Å². The lowest BCUT2D eigenvalue weighted by atomic mass is 9.75. The van der Waals surface area contributed by atoms with Crippen molar-refractivity contribution in [3.63, 3.8) is 0 Å². The first-order chi connectivity index (χ1) is 16.3. The third kappa shape index (κ3) is 14.1. The molecule has 0 spiro atoms. The molecule has 0 saturated carbocycles. The highest BCUT2D eigenvalue weighted by Gasteiger charge is 2.33. The van der Waals surface area contributed by atoms with Crippen molar-refractivity contribution < 1.29 is 9.84 Å². The maximum atomic E-state index is 9.57. The van der Waals surface area contributed by atoms with Crippen molar-refractivity contribution in [3.8, 4) is 0 Å². The Balaban J connectivity index is 0.000000520. The van der Waals surface area contributed by atoms with E-state index in [9.17, 15) is 5.11 Å². The second-order valence-electron chi connectivity index (χ2n) is 15.5. The van der Waals surface area contributed by atoms with E-state index in [0.717, 1.165) is 37.9 Å². The highest BCUT2D eigenvalue weighted by atomic mass is 16.5. The van der Waals surface area contributed by atoms with Crippen molar-refractivity contribution >= 4 is 0 Å². The minimum atomic E-state index is -0.118. The third-order valence-corrected chi connectivity index (χ3v) is 8.84. The minimum absolute atomic E-state index is 0. The van der Waals surface area contributed by atoms with Crippen LogP contribution in [0.4, 0.5) is 0 Å². The zero-order chi connectivity index (χ0) is 27.9. The maximum Gasteiger partial charge on any atom is 0.0701 e. The maximum absolute atomic E-state index is 9.57. The van der Waals surface area contributed by atoms with Crippen molar-refractivity contribution in [3.05, 3.63) is 0 Å². The fourth-order valence-corrected chi connectivity index (χ4v) is 5.85. The Kier molecular flexibility index (Phi) is 15.5. The van der Waals surface area contributed by atoms with Crippen LogP contribution in [-0.2, 0) is 4.74 Å². The second-order valence-corrected chi connectivity index (χ2v) is 15.5. The molecule has 5 unspecified atom stereocenters. The van der Waals surface area contributed by atoms with Crippen LogP contribution in [0.5, 0.6) is 0 Å². The van der Waals surface area contributed by atoms with Crippen LogP contribution in [0.2, 0.25) is 0 Å². The van der Waals surface area contributed by atoms with E-state index >= 15 is 0 Å². The Labute approximate surface area is 233 Å². The van der Waals surface area contributed by atoms with Crippen molar-refractivity contribution in [2.45, 2.75) is 108 Å². The van der Waals surface area contributed by atoms with Gasteiger partial charge in [-0.3, -0.25) is 0 Å². The normalized spacial score (nSPS) is 30.8. The molecule has 3 rings (SSSR count). The molecule has 5 heteroatoms. The van der Waals surface area contributed by atoms with Crippen LogP contribution in [0.25, 0.3) is 0 Å². The van der Waals surface area contributed by atoms with E-state index < -0.39 is 0 Å². The molecule has 1 N–H and O–H groups in total. The van der Waals surface area contributed by atoms with Crippen LogP contribution in [0.1, 0.15) is 95.4 Å². The zero-order valence-corrected chi connectivity index (χ0v) is 26.7. The molecule has 5 nitrogen and oxygen atoms in total. The molecule has 5 atom stereocenters. The number of hydrogen-bond acceptors (Lipinski definition) is 5. The summed E-state index contributed by atoms with van der Waals surface area (Å²) in [5.41, 5.74) is 1.25. The van der Waals surface area contributed by atoms with Crippen molar-refractivity contribution in [1.82, 2.24) is 14.7 Å². The van der Waals surface area contributed by atoms with Gasteiger partial charge in [0.2, 0.25) is 0 Å². The monoisotopic (exact) mass is 528 g/mol. The molecule has 224 valence electrons. The van der Waals surface area contributed by atoms with Gasteiger partial charge in [-0.2, -0.15) is 0 Å². The summed E-state index contributed by atoms with van der Waals surface area (Å²) in [5.74, 6) is 2.30. The predicted molar refractivity (Wildman–Crippen MR) is 163 cm³/mol. The number of nitrogens with zero attached hydrogens (tertiary/aromatic N) is 3. The van der Waals surface area contributed by atoms with E-state index in [1.807, 2.05) is 7.11 Å². The van der Waals surface area contributed by atoms with Gasteiger partial charge in [0.25, 0.3) is 0 Å². The molecule has 0 aromatic heterocycles. The number of aliphatic hydroxyl groups is 1. The Hall–Kier alpha value is -0.200. The van der Waals surface area contributed by atoms with Crippen LogP contribution in [0.3, 0.4) is 0 Å². The highest BCUT2D eigenvalue weighted by molar-refractivity contribution is 4.85. The van der Waals surface area contributed by atoms with Crippen LogP contribution in [0.15, 0.2) is 0 Å². The van der Waals surface area contributed by atoms with Gasteiger partial charge in [0.05, 0.1) is 12.2 Å². The summed E-state index contributed by atoms with van der Waals surface area (Å²) in [7, 11) is 8.33. The molecular weight excluding hydrogens is 458 g/mol. The van der Waals surface area contributed by atoms with Gasteiger partial charge in [-0.1, -0.05) is 69.7 Å². The first-order valence-electron chi connectivity index (χ1n) is 14.6. The average molecular weight is 528 g/mol. The van der Waals surface area contributed by atoms with Crippen molar-refractivity contribution in [1.29, 1.82) is 0 Å². The summed E-state index contributed by atoms with van der Waals surface area (Å²) in [6, 6.07) is 0. The topological polar surface area (TPSA) is 39.2 Å². The number of hydrogen-bond donors (Lipinski definition) is 1. The zero-order valence-electron chi connectivity index (χ0n) is 26.7. The lowest BCUT2D eigenvalue weighted by Gasteiger charge is -2.41. The first kappa shape index (κ1) is 36.8.